The second kappa shape index (κ2) is 7.15. The highest BCUT2D eigenvalue weighted by molar-refractivity contribution is 5.39. The van der Waals surface area contributed by atoms with Gasteiger partial charge in [0.05, 0.1) is 13.2 Å². The SMILES string of the molecule is CN1CCOC(COc2cccc(C#CCN)c2)C1. The molecule has 1 aliphatic rings. The fourth-order valence-electron chi connectivity index (χ4n) is 1.97. The highest BCUT2D eigenvalue weighted by Gasteiger charge is 2.18. The van der Waals surface area contributed by atoms with Crippen molar-refractivity contribution < 1.29 is 9.47 Å². The van der Waals surface area contributed by atoms with Crippen LogP contribution >= 0.6 is 0 Å². The average molecular weight is 260 g/mol. The molecule has 4 nitrogen and oxygen atoms in total. The topological polar surface area (TPSA) is 47.7 Å². The lowest BCUT2D eigenvalue weighted by molar-refractivity contribution is -0.0403. The predicted molar refractivity (Wildman–Crippen MR) is 75.1 cm³/mol. The Morgan fingerprint density at radius 1 is 1.53 bits per heavy atom. The molecule has 0 bridgehead atoms. The molecule has 4 heteroatoms. The summed E-state index contributed by atoms with van der Waals surface area (Å²) in [5, 5.41) is 0. The maximum atomic E-state index is 5.76. The molecule has 0 radical (unpaired) electrons. The van der Waals surface area contributed by atoms with E-state index in [1.54, 1.807) is 0 Å². The first kappa shape index (κ1) is 13.9. The summed E-state index contributed by atoms with van der Waals surface area (Å²) in [4.78, 5) is 2.25. The maximum absolute atomic E-state index is 5.76. The maximum Gasteiger partial charge on any atom is 0.120 e. The molecular weight excluding hydrogens is 240 g/mol. The number of nitrogens with two attached hydrogens (primary N) is 1. The molecule has 1 aliphatic heterocycles. The fraction of sp³-hybridized carbons (Fsp3) is 0.467. The normalized spacial score (nSPS) is 19.6. The van der Waals surface area contributed by atoms with Gasteiger partial charge in [-0.05, 0) is 25.2 Å². The first-order chi connectivity index (χ1) is 9.28. The Kier molecular flexibility index (Phi) is 5.22. The van der Waals surface area contributed by atoms with E-state index >= 15 is 0 Å². The third-order valence-electron chi connectivity index (χ3n) is 2.95. The zero-order valence-corrected chi connectivity index (χ0v) is 11.3. The van der Waals surface area contributed by atoms with Crippen LogP contribution in [0.4, 0.5) is 0 Å². The van der Waals surface area contributed by atoms with Crippen LogP contribution < -0.4 is 10.5 Å². The van der Waals surface area contributed by atoms with E-state index in [0.717, 1.165) is 31.0 Å². The van der Waals surface area contributed by atoms with Crippen molar-refractivity contribution in [3.05, 3.63) is 29.8 Å². The standard InChI is InChI=1S/C15H20N2O2/c1-17-8-9-18-15(11-17)12-19-14-6-2-4-13(10-14)5-3-7-16/h2,4,6,10,15H,7-9,11-12,16H2,1H3. The Morgan fingerprint density at radius 2 is 2.42 bits per heavy atom. The minimum atomic E-state index is 0.137. The molecule has 0 aromatic heterocycles. The molecule has 2 N–H and O–H groups in total. The van der Waals surface area contributed by atoms with Crippen LogP contribution in [-0.2, 0) is 4.74 Å². The molecule has 102 valence electrons. The van der Waals surface area contributed by atoms with Crippen molar-refractivity contribution in [2.24, 2.45) is 5.73 Å². The van der Waals surface area contributed by atoms with Crippen LogP contribution in [0.1, 0.15) is 5.56 Å². The molecule has 1 saturated heterocycles. The molecule has 1 unspecified atom stereocenters. The molecule has 1 atom stereocenters. The van der Waals surface area contributed by atoms with Crippen LogP contribution in [0.25, 0.3) is 0 Å². The number of hydrogen-bond donors (Lipinski definition) is 1. The first-order valence-electron chi connectivity index (χ1n) is 6.50. The van der Waals surface area contributed by atoms with Gasteiger partial charge >= 0.3 is 0 Å². The van der Waals surface area contributed by atoms with E-state index in [2.05, 4.69) is 23.8 Å². The molecule has 1 aromatic rings. The van der Waals surface area contributed by atoms with Crippen molar-refractivity contribution in [3.8, 4) is 17.6 Å². The lowest BCUT2D eigenvalue weighted by atomic mass is 10.2. The summed E-state index contributed by atoms with van der Waals surface area (Å²) in [6.45, 7) is 3.60. The molecule has 0 amide bonds. The molecule has 1 fully saturated rings. The molecule has 0 aliphatic carbocycles. The number of benzene rings is 1. The van der Waals surface area contributed by atoms with Gasteiger partial charge in [-0.15, -0.1) is 0 Å². The summed E-state index contributed by atoms with van der Waals surface area (Å²) in [7, 11) is 2.10. The van der Waals surface area contributed by atoms with Gasteiger partial charge in [0.15, 0.2) is 0 Å². The number of likely N-dealkylation sites (N-methyl/N-ethyl adjacent to an activating group) is 1. The van der Waals surface area contributed by atoms with Crippen LogP contribution in [0.5, 0.6) is 5.75 Å². The zero-order chi connectivity index (χ0) is 13.5. The highest BCUT2D eigenvalue weighted by atomic mass is 16.5. The van der Waals surface area contributed by atoms with Crippen molar-refractivity contribution in [2.75, 3.05) is 39.9 Å². The first-order valence-corrected chi connectivity index (χ1v) is 6.50. The number of ether oxygens (including phenoxy) is 2. The Hall–Kier alpha value is -1.54. The monoisotopic (exact) mass is 260 g/mol. The molecule has 0 spiro atoms. The van der Waals surface area contributed by atoms with E-state index in [0.29, 0.717) is 13.2 Å². The summed E-state index contributed by atoms with van der Waals surface area (Å²) in [5.41, 5.74) is 6.28. The van der Waals surface area contributed by atoms with E-state index in [4.69, 9.17) is 15.2 Å². The second-order valence-electron chi connectivity index (χ2n) is 4.60. The van der Waals surface area contributed by atoms with Crippen molar-refractivity contribution in [1.82, 2.24) is 4.90 Å². The third-order valence-corrected chi connectivity index (χ3v) is 2.95. The zero-order valence-electron chi connectivity index (χ0n) is 11.3. The van der Waals surface area contributed by atoms with Gasteiger partial charge in [-0.25, -0.2) is 0 Å². The third kappa shape index (κ3) is 4.56. The molecule has 1 heterocycles. The highest BCUT2D eigenvalue weighted by Crippen LogP contribution is 2.14. The molecular formula is C15H20N2O2. The van der Waals surface area contributed by atoms with Gasteiger partial charge < -0.3 is 20.1 Å². The van der Waals surface area contributed by atoms with Crippen LogP contribution in [-0.4, -0.2) is 50.9 Å². The quantitative estimate of drug-likeness (QED) is 0.813. The average Bonchev–Trinajstić information content (AvgIpc) is 2.43. The van der Waals surface area contributed by atoms with Gasteiger partial charge in [-0.1, -0.05) is 17.9 Å². The summed E-state index contributed by atoms with van der Waals surface area (Å²) >= 11 is 0. The predicted octanol–water partition coefficient (Wildman–Crippen LogP) is 0.706. The molecule has 19 heavy (non-hydrogen) atoms. The van der Waals surface area contributed by atoms with E-state index in [9.17, 15) is 0 Å². The van der Waals surface area contributed by atoms with Gasteiger partial charge in [0.25, 0.3) is 0 Å². The fourth-order valence-corrected chi connectivity index (χ4v) is 1.97. The Morgan fingerprint density at radius 3 is 3.21 bits per heavy atom. The number of hydrogen-bond acceptors (Lipinski definition) is 4. The van der Waals surface area contributed by atoms with Gasteiger partial charge in [-0.2, -0.15) is 0 Å². The van der Waals surface area contributed by atoms with Crippen LogP contribution in [0.15, 0.2) is 24.3 Å². The van der Waals surface area contributed by atoms with Gasteiger partial charge in [0.1, 0.15) is 18.5 Å². The van der Waals surface area contributed by atoms with Crippen molar-refractivity contribution in [2.45, 2.75) is 6.10 Å². The van der Waals surface area contributed by atoms with Crippen molar-refractivity contribution >= 4 is 0 Å². The Labute approximate surface area is 114 Å². The molecule has 0 saturated carbocycles. The van der Waals surface area contributed by atoms with Crippen LogP contribution in [0.2, 0.25) is 0 Å². The lowest BCUT2D eigenvalue weighted by Gasteiger charge is -2.29. The van der Waals surface area contributed by atoms with E-state index in [1.807, 2.05) is 24.3 Å². The van der Waals surface area contributed by atoms with Crippen LogP contribution in [0, 0.1) is 11.8 Å². The summed E-state index contributed by atoms with van der Waals surface area (Å²) in [5.74, 6) is 6.65. The Balaban J connectivity index is 1.88. The lowest BCUT2D eigenvalue weighted by Crippen LogP contribution is -2.42. The second-order valence-corrected chi connectivity index (χ2v) is 4.60. The largest absolute Gasteiger partial charge is 0.491 e. The Bertz CT molecular complexity index is 465. The van der Waals surface area contributed by atoms with Crippen LogP contribution in [0.3, 0.4) is 0 Å². The molecule has 2 rings (SSSR count). The smallest absolute Gasteiger partial charge is 0.120 e. The van der Waals surface area contributed by atoms with Gasteiger partial charge in [-0.3, -0.25) is 0 Å². The summed E-state index contributed by atoms with van der Waals surface area (Å²) in [6.07, 6.45) is 0.137. The number of nitrogens with zero attached hydrogens (tertiary/aromatic N) is 1. The summed E-state index contributed by atoms with van der Waals surface area (Å²) < 4.78 is 11.4. The summed E-state index contributed by atoms with van der Waals surface area (Å²) in [6, 6.07) is 7.74. The number of rotatable bonds is 3. The van der Waals surface area contributed by atoms with Gasteiger partial charge in [0.2, 0.25) is 0 Å². The van der Waals surface area contributed by atoms with Crippen molar-refractivity contribution in [3.63, 3.8) is 0 Å². The van der Waals surface area contributed by atoms with E-state index in [1.165, 1.54) is 0 Å². The molecule has 1 aromatic carbocycles. The number of morpholine rings is 1. The van der Waals surface area contributed by atoms with E-state index in [-0.39, 0.29) is 6.10 Å². The van der Waals surface area contributed by atoms with Crippen molar-refractivity contribution in [1.29, 1.82) is 0 Å². The minimum Gasteiger partial charge on any atom is -0.491 e. The minimum absolute atomic E-state index is 0.137. The van der Waals surface area contributed by atoms with Gasteiger partial charge in [0, 0.05) is 18.7 Å². The van der Waals surface area contributed by atoms with E-state index < -0.39 is 0 Å².